The van der Waals surface area contributed by atoms with E-state index in [0.29, 0.717) is 12.5 Å². The maximum Gasteiger partial charge on any atom is 0.336 e. The van der Waals surface area contributed by atoms with Gasteiger partial charge in [-0.2, -0.15) is 0 Å². The van der Waals surface area contributed by atoms with E-state index >= 15 is 0 Å². The molecule has 2 aromatic rings. The topological polar surface area (TPSA) is 29.5 Å². The summed E-state index contributed by atoms with van der Waals surface area (Å²) in [5.41, 5.74) is 3.50. The van der Waals surface area contributed by atoms with Crippen LogP contribution in [0.25, 0.3) is 10.8 Å². The fourth-order valence-electron chi connectivity index (χ4n) is 4.88. The van der Waals surface area contributed by atoms with E-state index in [1.54, 1.807) is 0 Å². The largest absolute Gasteiger partial charge is 0.463 e. The first-order valence-corrected chi connectivity index (χ1v) is 9.88. The highest BCUT2D eigenvalue weighted by Gasteiger charge is 2.42. The number of esters is 1. The molecule has 0 aliphatic heterocycles. The predicted octanol–water partition coefficient (Wildman–Crippen LogP) is 5.10. The van der Waals surface area contributed by atoms with Crippen LogP contribution in [-0.2, 0) is 9.53 Å². The molecule has 1 saturated carbocycles. The second-order valence-electron chi connectivity index (χ2n) is 7.30. The van der Waals surface area contributed by atoms with Crippen molar-refractivity contribution in [1.82, 2.24) is 0 Å². The van der Waals surface area contributed by atoms with Crippen molar-refractivity contribution >= 4 is 22.4 Å². The van der Waals surface area contributed by atoms with Gasteiger partial charge in [-0.3, -0.25) is 0 Å². The van der Waals surface area contributed by atoms with Crippen molar-refractivity contribution in [2.75, 3.05) is 18.1 Å². The zero-order valence-electron chi connectivity index (χ0n) is 15.7. The van der Waals surface area contributed by atoms with E-state index in [1.807, 2.05) is 6.92 Å². The number of likely N-dealkylation sites (N-methyl/N-ethyl adjacent to an activating group) is 1. The molecule has 0 amide bonds. The lowest BCUT2D eigenvalue weighted by Gasteiger charge is -2.46. The maximum absolute atomic E-state index is 12.8. The number of ether oxygens (including phenoxy) is 1. The summed E-state index contributed by atoms with van der Waals surface area (Å²) in [6.07, 6.45) is 4.49. The van der Waals surface area contributed by atoms with Gasteiger partial charge in [-0.1, -0.05) is 42.0 Å². The van der Waals surface area contributed by atoms with Crippen molar-refractivity contribution in [2.24, 2.45) is 5.92 Å². The first kappa shape index (κ1) is 17.1. The first-order chi connectivity index (χ1) is 12.7. The van der Waals surface area contributed by atoms with E-state index in [0.717, 1.165) is 25.0 Å². The number of fused-ring (bicyclic) bond motifs is 4. The van der Waals surface area contributed by atoms with Crippen molar-refractivity contribution in [3.63, 3.8) is 0 Å². The van der Waals surface area contributed by atoms with Crippen LogP contribution < -0.4 is 4.90 Å². The van der Waals surface area contributed by atoms with E-state index in [1.165, 1.54) is 34.9 Å². The summed E-state index contributed by atoms with van der Waals surface area (Å²) in [6, 6.07) is 15.1. The minimum atomic E-state index is -0.101. The van der Waals surface area contributed by atoms with Gasteiger partial charge in [-0.15, -0.1) is 0 Å². The molecule has 1 atom stereocenters. The summed E-state index contributed by atoms with van der Waals surface area (Å²) in [6.45, 7) is 5.40. The SMILES string of the molecule is CCOC(=O)C1=C2CCC(CC2)[C@@H]1N(CC)c1cccc2ccccc12. The van der Waals surface area contributed by atoms with Gasteiger partial charge in [0.1, 0.15) is 0 Å². The summed E-state index contributed by atoms with van der Waals surface area (Å²) in [7, 11) is 0. The van der Waals surface area contributed by atoms with Crippen molar-refractivity contribution < 1.29 is 9.53 Å². The smallest absolute Gasteiger partial charge is 0.336 e. The summed E-state index contributed by atoms with van der Waals surface area (Å²) in [5, 5.41) is 2.50. The third-order valence-corrected chi connectivity index (χ3v) is 6.00. The molecule has 1 fully saturated rings. The normalized spacial score (nSPS) is 21.9. The van der Waals surface area contributed by atoms with E-state index in [9.17, 15) is 4.79 Å². The van der Waals surface area contributed by atoms with Gasteiger partial charge >= 0.3 is 5.97 Å². The molecule has 26 heavy (non-hydrogen) atoms. The molecule has 0 aromatic heterocycles. The number of anilines is 1. The number of hydrogen-bond acceptors (Lipinski definition) is 3. The Morgan fingerprint density at radius 2 is 1.81 bits per heavy atom. The Kier molecular flexibility index (Phi) is 4.71. The number of rotatable bonds is 5. The molecule has 0 heterocycles. The summed E-state index contributed by atoms with van der Waals surface area (Å²) in [4.78, 5) is 15.2. The quantitative estimate of drug-likeness (QED) is 0.704. The lowest BCUT2D eigenvalue weighted by atomic mass is 9.69. The second-order valence-corrected chi connectivity index (χ2v) is 7.30. The Bertz CT molecular complexity index is 839. The van der Waals surface area contributed by atoms with Gasteiger partial charge in [0, 0.05) is 17.6 Å². The standard InChI is InChI=1S/C23H27NO2/c1-3-24(20-11-7-9-16-8-5-6-10-19(16)20)22-18-14-12-17(13-15-18)21(22)23(25)26-4-2/h5-11,18,22H,3-4,12-15H2,1-2H3/t22-/m0/s1. The molecule has 0 spiro atoms. The Hall–Kier alpha value is -2.29. The van der Waals surface area contributed by atoms with Crippen molar-refractivity contribution in [2.45, 2.75) is 45.6 Å². The monoisotopic (exact) mass is 349 g/mol. The minimum Gasteiger partial charge on any atom is -0.463 e. The first-order valence-electron chi connectivity index (χ1n) is 9.88. The molecule has 0 unspecified atom stereocenters. The Labute approximate surface area is 155 Å². The number of allylic oxidation sites excluding steroid dienone is 1. The predicted molar refractivity (Wildman–Crippen MR) is 106 cm³/mol. The van der Waals surface area contributed by atoms with Gasteiger partial charge in [0.25, 0.3) is 0 Å². The van der Waals surface area contributed by atoms with Crippen LogP contribution in [0.4, 0.5) is 5.69 Å². The van der Waals surface area contributed by atoms with Gasteiger partial charge in [0.15, 0.2) is 0 Å². The Balaban J connectivity index is 1.82. The Morgan fingerprint density at radius 1 is 1.08 bits per heavy atom. The molecule has 0 N–H and O–H groups in total. The average molecular weight is 349 g/mol. The summed E-state index contributed by atoms with van der Waals surface area (Å²) in [5.74, 6) is 0.432. The van der Waals surface area contributed by atoms with E-state index < -0.39 is 0 Å². The molecule has 2 aromatic carbocycles. The van der Waals surface area contributed by atoms with Gasteiger partial charge < -0.3 is 9.64 Å². The lowest BCUT2D eigenvalue weighted by molar-refractivity contribution is -0.139. The molecular formula is C23H27NO2. The van der Waals surface area contributed by atoms with Gasteiger partial charge in [-0.25, -0.2) is 4.79 Å². The summed E-state index contributed by atoms with van der Waals surface area (Å²) >= 11 is 0. The lowest BCUT2D eigenvalue weighted by Crippen LogP contribution is -2.49. The van der Waals surface area contributed by atoms with Crippen LogP contribution in [0.2, 0.25) is 0 Å². The van der Waals surface area contributed by atoms with Crippen molar-refractivity contribution in [3.8, 4) is 0 Å². The minimum absolute atomic E-state index is 0.101. The molecular weight excluding hydrogens is 322 g/mol. The van der Waals surface area contributed by atoms with E-state index in [4.69, 9.17) is 4.74 Å². The number of carbonyl (C=O) groups excluding carboxylic acids is 1. The fraction of sp³-hybridized carbons (Fsp3) is 0.435. The van der Waals surface area contributed by atoms with Gasteiger partial charge in [-0.05, 0) is 56.9 Å². The number of nitrogens with zero attached hydrogens (tertiary/aromatic N) is 1. The van der Waals surface area contributed by atoms with Gasteiger partial charge in [0.2, 0.25) is 0 Å². The van der Waals surface area contributed by atoms with Crippen molar-refractivity contribution in [3.05, 3.63) is 53.6 Å². The third kappa shape index (κ3) is 2.80. The highest BCUT2D eigenvalue weighted by Crippen LogP contribution is 2.45. The number of carbonyl (C=O) groups is 1. The third-order valence-electron chi connectivity index (χ3n) is 6.00. The van der Waals surface area contributed by atoms with Crippen LogP contribution in [0.3, 0.4) is 0 Å². The summed E-state index contributed by atoms with van der Waals surface area (Å²) < 4.78 is 5.46. The van der Waals surface area contributed by atoms with Crippen LogP contribution >= 0.6 is 0 Å². The molecule has 136 valence electrons. The highest BCUT2D eigenvalue weighted by molar-refractivity contribution is 5.97. The number of hydrogen-bond donors (Lipinski definition) is 0. The molecule has 5 rings (SSSR count). The van der Waals surface area contributed by atoms with Gasteiger partial charge in [0.05, 0.1) is 18.2 Å². The van der Waals surface area contributed by atoms with Crippen LogP contribution in [0.1, 0.15) is 39.5 Å². The average Bonchev–Trinajstić information content (AvgIpc) is 2.69. The van der Waals surface area contributed by atoms with E-state index in [2.05, 4.69) is 54.3 Å². The fourth-order valence-corrected chi connectivity index (χ4v) is 4.88. The van der Waals surface area contributed by atoms with Crippen LogP contribution in [0.15, 0.2) is 53.6 Å². The van der Waals surface area contributed by atoms with Crippen LogP contribution in [0.5, 0.6) is 0 Å². The number of benzene rings is 2. The Morgan fingerprint density at radius 3 is 2.54 bits per heavy atom. The van der Waals surface area contributed by atoms with Crippen LogP contribution in [-0.4, -0.2) is 25.2 Å². The molecule has 0 radical (unpaired) electrons. The molecule has 3 aliphatic rings. The molecule has 3 nitrogen and oxygen atoms in total. The molecule has 2 bridgehead atoms. The molecule has 0 saturated heterocycles. The molecule has 3 aliphatic carbocycles. The zero-order valence-corrected chi connectivity index (χ0v) is 15.7. The van der Waals surface area contributed by atoms with Crippen molar-refractivity contribution in [1.29, 1.82) is 0 Å². The maximum atomic E-state index is 12.8. The van der Waals surface area contributed by atoms with E-state index in [-0.39, 0.29) is 12.0 Å². The zero-order chi connectivity index (χ0) is 18.1. The molecule has 3 heteroatoms. The highest BCUT2D eigenvalue weighted by atomic mass is 16.5. The van der Waals surface area contributed by atoms with Crippen LogP contribution in [0, 0.1) is 5.92 Å². The second kappa shape index (κ2) is 7.14.